The largest absolute Gasteiger partial charge is 0.467 e. The molecule has 6 nitrogen and oxygen atoms in total. The zero-order chi connectivity index (χ0) is 11.5. The highest BCUT2D eigenvalue weighted by molar-refractivity contribution is 5.83. The fourth-order valence-electron chi connectivity index (χ4n) is 1.73. The van der Waals surface area contributed by atoms with Crippen molar-refractivity contribution < 1.29 is 9.53 Å². The number of hydrogen-bond acceptors (Lipinski definition) is 4. The fraction of sp³-hybridized carbons (Fsp3) is 0.300. The molecule has 1 N–H and O–H groups in total. The second-order valence-electron chi connectivity index (χ2n) is 3.46. The third kappa shape index (κ3) is 1.78. The first kappa shape index (κ1) is 10.3. The minimum absolute atomic E-state index is 0.290. The van der Waals surface area contributed by atoms with E-state index in [4.69, 9.17) is 5.53 Å². The minimum atomic E-state index is -0.346. The molecular formula is C10H10N4O2. The Morgan fingerprint density at radius 2 is 2.50 bits per heavy atom. The van der Waals surface area contributed by atoms with E-state index in [1.807, 2.05) is 6.07 Å². The summed E-state index contributed by atoms with van der Waals surface area (Å²) in [5, 5.41) is 6.52. The third-order valence-electron chi connectivity index (χ3n) is 2.49. The number of rotatable bonds is 2. The Bertz CT molecular complexity index is 480. The summed E-state index contributed by atoms with van der Waals surface area (Å²) in [4.78, 5) is 14.0. The number of esters is 1. The molecule has 0 radical (unpaired) electrons. The molecule has 2 rings (SSSR count). The summed E-state index contributed by atoms with van der Waals surface area (Å²) in [6.45, 7) is 0. The SMILES string of the molecule is COC(=O)C1Cc2ccc(N=[N+]=[N-])cc2N1. The molecule has 1 aliphatic heterocycles. The number of azide groups is 1. The molecule has 0 aromatic heterocycles. The summed E-state index contributed by atoms with van der Waals surface area (Å²) >= 11 is 0. The summed E-state index contributed by atoms with van der Waals surface area (Å²) < 4.78 is 4.66. The van der Waals surface area contributed by atoms with Gasteiger partial charge in [-0.2, -0.15) is 0 Å². The van der Waals surface area contributed by atoms with Gasteiger partial charge in [-0.15, -0.1) is 0 Å². The second-order valence-corrected chi connectivity index (χ2v) is 3.46. The number of carbonyl (C=O) groups excluding carboxylic acids is 1. The summed E-state index contributed by atoms with van der Waals surface area (Å²) in [7, 11) is 1.36. The highest BCUT2D eigenvalue weighted by Gasteiger charge is 2.27. The van der Waals surface area contributed by atoms with Crippen LogP contribution in [-0.4, -0.2) is 19.1 Å². The van der Waals surface area contributed by atoms with Crippen LogP contribution < -0.4 is 5.32 Å². The Labute approximate surface area is 91.8 Å². The number of benzene rings is 1. The van der Waals surface area contributed by atoms with Crippen molar-refractivity contribution in [3.05, 3.63) is 34.2 Å². The molecule has 0 saturated carbocycles. The molecule has 1 aromatic rings. The van der Waals surface area contributed by atoms with Crippen molar-refractivity contribution in [2.75, 3.05) is 12.4 Å². The molecular weight excluding hydrogens is 208 g/mol. The molecule has 16 heavy (non-hydrogen) atoms. The molecule has 6 heteroatoms. The lowest BCUT2D eigenvalue weighted by Gasteiger charge is -2.07. The lowest BCUT2D eigenvalue weighted by Crippen LogP contribution is -2.27. The lowest BCUT2D eigenvalue weighted by molar-refractivity contribution is -0.141. The van der Waals surface area contributed by atoms with E-state index in [-0.39, 0.29) is 12.0 Å². The minimum Gasteiger partial charge on any atom is -0.467 e. The van der Waals surface area contributed by atoms with Gasteiger partial charge in [-0.25, -0.2) is 4.79 Å². The Hall–Kier alpha value is -2.20. The highest BCUT2D eigenvalue weighted by atomic mass is 16.5. The predicted octanol–water partition coefficient (Wildman–Crippen LogP) is 2.14. The van der Waals surface area contributed by atoms with Gasteiger partial charge in [-0.1, -0.05) is 17.2 Å². The van der Waals surface area contributed by atoms with Gasteiger partial charge in [0.2, 0.25) is 0 Å². The maximum atomic E-state index is 11.3. The second kappa shape index (κ2) is 4.12. The quantitative estimate of drug-likeness (QED) is 0.357. The summed E-state index contributed by atoms with van der Waals surface area (Å²) in [6.07, 6.45) is 0.596. The topological polar surface area (TPSA) is 87.1 Å². The molecule has 1 heterocycles. The Morgan fingerprint density at radius 3 is 3.19 bits per heavy atom. The standard InChI is InChI=1S/C10H10N4O2/c1-16-10(15)9-4-6-2-3-7(13-14-11)5-8(6)12-9/h2-3,5,9,12H,4H2,1H3. The first-order valence-electron chi connectivity index (χ1n) is 4.77. The van der Waals surface area contributed by atoms with Crippen molar-refractivity contribution in [3.63, 3.8) is 0 Å². The molecule has 0 saturated heterocycles. The molecule has 1 atom stereocenters. The Balaban J connectivity index is 2.24. The van der Waals surface area contributed by atoms with E-state index in [0.29, 0.717) is 12.1 Å². The van der Waals surface area contributed by atoms with Gasteiger partial charge in [0, 0.05) is 22.7 Å². The van der Waals surface area contributed by atoms with Crippen molar-refractivity contribution in [1.29, 1.82) is 0 Å². The van der Waals surface area contributed by atoms with Crippen LogP contribution in [0.1, 0.15) is 5.56 Å². The predicted molar refractivity (Wildman–Crippen MR) is 58.4 cm³/mol. The van der Waals surface area contributed by atoms with Crippen molar-refractivity contribution in [2.45, 2.75) is 12.5 Å². The first-order chi connectivity index (χ1) is 7.74. The lowest BCUT2D eigenvalue weighted by atomic mass is 10.1. The average molecular weight is 218 g/mol. The maximum absolute atomic E-state index is 11.3. The maximum Gasteiger partial charge on any atom is 0.328 e. The number of hydrogen-bond donors (Lipinski definition) is 1. The summed E-state index contributed by atoms with van der Waals surface area (Å²) in [5.74, 6) is -0.290. The van der Waals surface area contributed by atoms with Gasteiger partial charge in [0.15, 0.2) is 0 Å². The third-order valence-corrected chi connectivity index (χ3v) is 2.49. The van der Waals surface area contributed by atoms with Crippen LogP contribution >= 0.6 is 0 Å². The van der Waals surface area contributed by atoms with Crippen molar-refractivity contribution in [3.8, 4) is 0 Å². The van der Waals surface area contributed by atoms with Gasteiger partial charge in [-0.05, 0) is 17.2 Å². The molecule has 0 spiro atoms. The molecule has 0 amide bonds. The van der Waals surface area contributed by atoms with E-state index in [1.165, 1.54) is 7.11 Å². The van der Waals surface area contributed by atoms with E-state index in [2.05, 4.69) is 20.1 Å². The van der Waals surface area contributed by atoms with Gasteiger partial charge < -0.3 is 10.1 Å². The van der Waals surface area contributed by atoms with Crippen LogP contribution in [-0.2, 0) is 16.0 Å². The van der Waals surface area contributed by atoms with E-state index in [9.17, 15) is 4.79 Å². The van der Waals surface area contributed by atoms with Crippen LogP contribution in [0.2, 0.25) is 0 Å². The normalized spacial score (nSPS) is 16.9. The molecule has 1 aromatic carbocycles. The van der Waals surface area contributed by atoms with E-state index in [1.54, 1.807) is 12.1 Å². The van der Waals surface area contributed by atoms with Crippen molar-refractivity contribution in [2.24, 2.45) is 5.11 Å². The number of nitrogens with zero attached hydrogens (tertiary/aromatic N) is 3. The van der Waals surface area contributed by atoms with Gasteiger partial charge in [0.05, 0.1) is 7.11 Å². The first-order valence-corrected chi connectivity index (χ1v) is 4.77. The van der Waals surface area contributed by atoms with E-state index >= 15 is 0 Å². The van der Waals surface area contributed by atoms with Crippen LogP contribution in [0.4, 0.5) is 11.4 Å². The van der Waals surface area contributed by atoms with Crippen LogP contribution in [0, 0.1) is 0 Å². The molecule has 1 unspecified atom stereocenters. The van der Waals surface area contributed by atoms with Crippen LogP contribution in [0.15, 0.2) is 23.3 Å². The van der Waals surface area contributed by atoms with Crippen LogP contribution in [0.25, 0.3) is 10.4 Å². The van der Waals surface area contributed by atoms with Gasteiger partial charge in [0.25, 0.3) is 0 Å². The number of ether oxygens (including phenoxy) is 1. The Morgan fingerprint density at radius 1 is 1.69 bits per heavy atom. The van der Waals surface area contributed by atoms with Gasteiger partial charge >= 0.3 is 5.97 Å². The van der Waals surface area contributed by atoms with Crippen molar-refractivity contribution >= 4 is 17.3 Å². The van der Waals surface area contributed by atoms with E-state index in [0.717, 1.165) is 11.3 Å². The molecule has 0 fully saturated rings. The number of methoxy groups -OCH3 is 1. The van der Waals surface area contributed by atoms with Gasteiger partial charge in [-0.3, -0.25) is 0 Å². The summed E-state index contributed by atoms with van der Waals surface area (Å²) in [5.41, 5.74) is 10.7. The van der Waals surface area contributed by atoms with Crippen molar-refractivity contribution in [1.82, 2.24) is 0 Å². The zero-order valence-corrected chi connectivity index (χ0v) is 8.67. The zero-order valence-electron chi connectivity index (χ0n) is 8.67. The molecule has 82 valence electrons. The van der Waals surface area contributed by atoms with Gasteiger partial charge in [0.1, 0.15) is 6.04 Å². The number of carbonyl (C=O) groups is 1. The average Bonchev–Trinajstić information content (AvgIpc) is 2.71. The highest BCUT2D eigenvalue weighted by Crippen LogP contribution is 2.30. The molecule has 0 bridgehead atoms. The fourth-order valence-corrected chi connectivity index (χ4v) is 1.73. The molecule has 1 aliphatic rings. The van der Waals surface area contributed by atoms with Crippen LogP contribution in [0.3, 0.4) is 0 Å². The van der Waals surface area contributed by atoms with Crippen LogP contribution in [0.5, 0.6) is 0 Å². The number of nitrogens with one attached hydrogen (secondary N) is 1. The molecule has 0 aliphatic carbocycles. The monoisotopic (exact) mass is 218 g/mol. The summed E-state index contributed by atoms with van der Waals surface area (Å²) in [6, 6.07) is 4.94. The number of fused-ring (bicyclic) bond motifs is 1. The Kier molecular flexibility index (Phi) is 2.66. The smallest absolute Gasteiger partial charge is 0.328 e. The number of anilines is 1. The van der Waals surface area contributed by atoms with E-state index < -0.39 is 0 Å².